The maximum atomic E-state index is 13.0. The largest absolute Gasteiger partial charge is 0.360 e. The molecule has 4 amide bonds. The molecule has 26 heavy (non-hydrogen) atoms. The van der Waals surface area contributed by atoms with E-state index in [-0.39, 0.29) is 5.82 Å². The van der Waals surface area contributed by atoms with Crippen molar-refractivity contribution in [2.45, 2.75) is 32.7 Å². The van der Waals surface area contributed by atoms with Gasteiger partial charge < -0.3 is 15.2 Å². The zero-order chi connectivity index (χ0) is 18.9. The summed E-state index contributed by atoms with van der Waals surface area (Å²) in [4.78, 5) is 38.5. The molecule has 136 valence electrons. The Bertz CT molecular complexity index is 858. The molecule has 1 saturated heterocycles. The lowest BCUT2D eigenvalue weighted by molar-refractivity contribution is -0.134. The molecule has 1 atom stereocenters. The number of urea groups is 1. The monoisotopic (exact) mass is 356 g/mol. The summed E-state index contributed by atoms with van der Waals surface area (Å²) in [5.41, 5.74) is 0.588. The van der Waals surface area contributed by atoms with Gasteiger partial charge in [-0.3, -0.25) is 14.5 Å². The molecule has 1 aromatic heterocycles. The van der Waals surface area contributed by atoms with Crippen LogP contribution in [0.2, 0.25) is 0 Å². The average Bonchev–Trinajstić information content (AvgIpc) is 3.11. The van der Waals surface area contributed by atoms with Crippen LogP contribution < -0.4 is 10.6 Å². The van der Waals surface area contributed by atoms with E-state index in [1.54, 1.807) is 13.0 Å². The normalized spacial score (nSPS) is 19.6. The fourth-order valence-corrected chi connectivity index (χ4v) is 3.00. The summed E-state index contributed by atoms with van der Waals surface area (Å²) < 4.78 is 4.87. The van der Waals surface area contributed by atoms with E-state index < -0.39 is 29.9 Å². The summed E-state index contributed by atoms with van der Waals surface area (Å²) in [6.07, 6.45) is 0.376. The zero-order valence-electron chi connectivity index (χ0n) is 14.8. The number of carbonyl (C=O) groups is 3. The first kappa shape index (κ1) is 17.7. The number of imide groups is 1. The number of nitrogens with one attached hydrogen (secondary N) is 2. The third-order valence-corrected chi connectivity index (χ3v) is 4.45. The van der Waals surface area contributed by atoms with Crippen molar-refractivity contribution in [3.63, 3.8) is 0 Å². The average molecular weight is 356 g/mol. The summed E-state index contributed by atoms with van der Waals surface area (Å²) in [7, 11) is 0. The van der Waals surface area contributed by atoms with Gasteiger partial charge in [0, 0.05) is 6.07 Å². The second kappa shape index (κ2) is 6.62. The highest BCUT2D eigenvalue weighted by Crippen LogP contribution is 2.32. The van der Waals surface area contributed by atoms with Gasteiger partial charge in [0.25, 0.3) is 5.91 Å². The maximum Gasteiger partial charge on any atom is 0.325 e. The summed E-state index contributed by atoms with van der Waals surface area (Å²) in [6.45, 7) is 5.06. The summed E-state index contributed by atoms with van der Waals surface area (Å²) in [6, 6.07) is 8.36. The molecular weight excluding hydrogens is 336 g/mol. The topological polar surface area (TPSA) is 105 Å². The summed E-state index contributed by atoms with van der Waals surface area (Å²) in [5, 5.41) is 8.91. The van der Waals surface area contributed by atoms with Crippen molar-refractivity contribution in [1.82, 2.24) is 15.4 Å². The number of carbonyl (C=O) groups excluding carboxylic acids is 3. The van der Waals surface area contributed by atoms with Gasteiger partial charge in [0.1, 0.15) is 17.8 Å². The third kappa shape index (κ3) is 3.05. The number of hydrogen-bond acceptors (Lipinski definition) is 5. The highest BCUT2D eigenvalue weighted by atomic mass is 16.5. The molecule has 3 rings (SSSR count). The first-order valence-corrected chi connectivity index (χ1v) is 8.30. The molecule has 0 aliphatic carbocycles. The predicted molar refractivity (Wildman–Crippen MR) is 93.3 cm³/mol. The smallest absolute Gasteiger partial charge is 0.325 e. The Kier molecular flexibility index (Phi) is 4.50. The number of anilines is 1. The second-order valence-electron chi connectivity index (χ2n) is 6.32. The van der Waals surface area contributed by atoms with Crippen molar-refractivity contribution < 1.29 is 18.9 Å². The van der Waals surface area contributed by atoms with E-state index in [1.165, 1.54) is 0 Å². The van der Waals surface area contributed by atoms with Gasteiger partial charge in [-0.25, -0.2) is 4.79 Å². The van der Waals surface area contributed by atoms with Crippen LogP contribution >= 0.6 is 0 Å². The van der Waals surface area contributed by atoms with Gasteiger partial charge >= 0.3 is 6.03 Å². The second-order valence-corrected chi connectivity index (χ2v) is 6.32. The van der Waals surface area contributed by atoms with Gasteiger partial charge in [0.05, 0.1) is 0 Å². The van der Waals surface area contributed by atoms with E-state index in [1.807, 2.05) is 38.1 Å². The number of aryl methyl sites for hydroxylation is 2. The maximum absolute atomic E-state index is 13.0. The van der Waals surface area contributed by atoms with Crippen molar-refractivity contribution in [2.24, 2.45) is 0 Å². The molecule has 0 radical (unpaired) electrons. The van der Waals surface area contributed by atoms with Gasteiger partial charge in [-0.1, -0.05) is 41.9 Å². The molecule has 8 heteroatoms. The van der Waals surface area contributed by atoms with E-state index in [9.17, 15) is 14.4 Å². The van der Waals surface area contributed by atoms with Crippen LogP contribution in [0.1, 0.15) is 30.2 Å². The Hall–Kier alpha value is -3.16. The molecule has 2 N–H and O–H groups in total. The lowest BCUT2D eigenvalue weighted by Gasteiger charge is -2.25. The molecule has 0 spiro atoms. The quantitative estimate of drug-likeness (QED) is 0.798. The van der Waals surface area contributed by atoms with Crippen LogP contribution in [-0.2, 0) is 15.1 Å². The van der Waals surface area contributed by atoms with Crippen LogP contribution in [0.3, 0.4) is 0 Å². The molecular formula is C18H20N4O4. The fourth-order valence-electron chi connectivity index (χ4n) is 3.00. The van der Waals surface area contributed by atoms with Crippen LogP contribution in [0.5, 0.6) is 0 Å². The lowest BCUT2D eigenvalue weighted by Crippen LogP contribution is -2.44. The lowest BCUT2D eigenvalue weighted by atomic mass is 9.87. The number of nitrogens with zero attached hydrogens (tertiary/aromatic N) is 2. The number of amides is 4. The van der Waals surface area contributed by atoms with Crippen molar-refractivity contribution in [3.05, 3.63) is 47.2 Å². The van der Waals surface area contributed by atoms with Crippen LogP contribution in [0.15, 0.2) is 34.9 Å². The Labute approximate surface area is 150 Å². The Morgan fingerprint density at radius 1 is 1.27 bits per heavy atom. The number of rotatable bonds is 5. The van der Waals surface area contributed by atoms with Crippen LogP contribution in [0.25, 0.3) is 0 Å². The van der Waals surface area contributed by atoms with Crippen molar-refractivity contribution in [3.8, 4) is 0 Å². The van der Waals surface area contributed by atoms with Crippen LogP contribution in [-0.4, -0.2) is 34.4 Å². The Morgan fingerprint density at radius 2 is 1.96 bits per heavy atom. The molecule has 0 unspecified atom stereocenters. The SMILES string of the molecule is CC[C@@]1(c2ccc(C)cc2)NC(=O)N(CC(=O)Nc2cc(C)on2)C1=O. The molecule has 0 bridgehead atoms. The molecule has 1 aromatic carbocycles. The van der Waals surface area contributed by atoms with Crippen molar-refractivity contribution in [2.75, 3.05) is 11.9 Å². The number of aromatic nitrogens is 1. The number of hydrogen-bond donors (Lipinski definition) is 2. The van der Waals surface area contributed by atoms with E-state index in [0.717, 1.165) is 10.5 Å². The number of benzene rings is 1. The fraction of sp³-hybridized carbons (Fsp3) is 0.333. The Morgan fingerprint density at radius 3 is 2.54 bits per heavy atom. The van der Waals surface area contributed by atoms with E-state index in [2.05, 4.69) is 15.8 Å². The molecule has 0 saturated carbocycles. The molecule has 8 nitrogen and oxygen atoms in total. The van der Waals surface area contributed by atoms with Crippen molar-refractivity contribution >= 4 is 23.7 Å². The standard InChI is InChI=1S/C18H20N4O4/c1-4-18(13-7-5-11(2)6-8-13)16(24)22(17(25)20-18)10-15(23)19-14-9-12(3)26-21-14/h5-9H,4,10H2,1-3H3,(H,20,25)(H,19,21,23)/t18-/m0/s1. The zero-order valence-corrected chi connectivity index (χ0v) is 14.8. The first-order valence-electron chi connectivity index (χ1n) is 8.30. The van der Waals surface area contributed by atoms with Gasteiger partial charge in [-0.2, -0.15) is 0 Å². The minimum Gasteiger partial charge on any atom is -0.360 e. The molecule has 1 aliphatic heterocycles. The molecule has 2 aromatic rings. The van der Waals surface area contributed by atoms with Crippen LogP contribution in [0.4, 0.5) is 10.6 Å². The van der Waals surface area contributed by atoms with Gasteiger partial charge in [-0.15, -0.1) is 0 Å². The van der Waals surface area contributed by atoms with E-state index in [0.29, 0.717) is 17.7 Å². The molecule has 1 aliphatic rings. The molecule has 1 fully saturated rings. The van der Waals surface area contributed by atoms with Crippen LogP contribution in [0, 0.1) is 13.8 Å². The predicted octanol–water partition coefficient (Wildman–Crippen LogP) is 2.09. The van der Waals surface area contributed by atoms with E-state index in [4.69, 9.17) is 4.52 Å². The summed E-state index contributed by atoms with van der Waals surface area (Å²) in [5.74, 6) is -0.197. The van der Waals surface area contributed by atoms with Gasteiger partial charge in [-0.05, 0) is 25.8 Å². The van der Waals surface area contributed by atoms with Gasteiger partial charge in [0.2, 0.25) is 5.91 Å². The van der Waals surface area contributed by atoms with E-state index >= 15 is 0 Å². The van der Waals surface area contributed by atoms with Crippen molar-refractivity contribution in [1.29, 1.82) is 0 Å². The van der Waals surface area contributed by atoms with Gasteiger partial charge in [0.15, 0.2) is 5.82 Å². The Balaban J connectivity index is 1.79. The molecule has 2 heterocycles. The minimum atomic E-state index is -1.16. The summed E-state index contributed by atoms with van der Waals surface area (Å²) >= 11 is 0. The minimum absolute atomic E-state index is 0.236. The highest BCUT2D eigenvalue weighted by Gasteiger charge is 2.51. The highest BCUT2D eigenvalue weighted by molar-refractivity contribution is 6.10. The first-order chi connectivity index (χ1) is 12.4. The third-order valence-electron chi connectivity index (χ3n) is 4.45.